The van der Waals surface area contributed by atoms with E-state index < -0.39 is 0 Å². The number of hydrogen-bond acceptors (Lipinski definition) is 3. The van der Waals surface area contributed by atoms with E-state index in [-0.39, 0.29) is 11.9 Å². The highest BCUT2D eigenvalue weighted by molar-refractivity contribution is 5.93. The van der Waals surface area contributed by atoms with E-state index in [9.17, 15) is 4.79 Å². The molecule has 1 aliphatic rings. The van der Waals surface area contributed by atoms with Crippen LogP contribution in [-0.4, -0.2) is 16.9 Å². The molecule has 0 saturated heterocycles. The second-order valence-corrected chi connectivity index (χ2v) is 5.52. The molecule has 0 radical (unpaired) electrons. The van der Waals surface area contributed by atoms with Crippen molar-refractivity contribution in [2.24, 2.45) is 11.8 Å². The van der Waals surface area contributed by atoms with Crippen LogP contribution in [0.3, 0.4) is 0 Å². The van der Waals surface area contributed by atoms with Crippen LogP contribution in [-0.2, 0) is 0 Å². The Morgan fingerprint density at radius 3 is 2.39 bits per heavy atom. The van der Waals surface area contributed by atoms with E-state index in [2.05, 4.69) is 24.1 Å². The second kappa shape index (κ2) is 5.12. The van der Waals surface area contributed by atoms with Crippen LogP contribution >= 0.6 is 0 Å². The number of carbonyl (C=O) groups is 1. The zero-order valence-electron chi connectivity index (χ0n) is 11.6. The Labute approximate surface area is 108 Å². The molecule has 4 heteroatoms. The third-order valence-electron chi connectivity index (χ3n) is 3.96. The van der Waals surface area contributed by atoms with Crippen molar-refractivity contribution in [3.8, 4) is 0 Å². The van der Waals surface area contributed by atoms with Crippen molar-refractivity contribution in [2.75, 3.05) is 0 Å². The first-order valence-corrected chi connectivity index (χ1v) is 6.74. The molecule has 0 spiro atoms. The van der Waals surface area contributed by atoms with E-state index >= 15 is 0 Å². The summed E-state index contributed by atoms with van der Waals surface area (Å²) >= 11 is 0. The Kier molecular flexibility index (Phi) is 3.73. The molecule has 3 atom stereocenters. The number of aryl methyl sites for hydroxylation is 2. The van der Waals surface area contributed by atoms with Crippen molar-refractivity contribution in [1.29, 1.82) is 0 Å². The molecule has 18 heavy (non-hydrogen) atoms. The van der Waals surface area contributed by atoms with Crippen LogP contribution < -0.4 is 5.32 Å². The maximum absolute atomic E-state index is 12.2. The van der Waals surface area contributed by atoms with Gasteiger partial charge in [0, 0.05) is 13.0 Å². The number of amides is 1. The van der Waals surface area contributed by atoms with Gasteiger partial charge in [-0.1, -0.05) is 20.3 Å². The molecule has 1 unspecified atom stereocenters. The van der Waals surface area contributed by atoms with Gasteiger partial charge in [-0.05, 0) is 31.6 Å². The van der Waals surface area contributed by atoms with Gasteiger partial charge in [0.25, 0.3) is 5.91 Å². The summed E-state index contributed by atoms with van der Waals surface area (Å²) in [6.45, 7) is 7.96. The average Bonchev–Trinajstić information content (AvgIpc) is 2.63. The normalized spacial score (nSPS) is 28.1. The molecular formula is C14H22N2O2. The molecule has 1 N–H and O–H groups in total. The Bertz CT molecular complexity index is 429. The van der Waals surface area contributed by atoms with E-state index in [1.54, 1.807) is 13.8 Å². The number of oxazole rings is 1. The summed E-state index contributed by atoms with van der Waals surface area (Å²) < 4.78 is 5.31. The Morgan fingerprint density at radius 1 is 1.28 bits per heavy atom. The Balaban J connectivity index is 2.08. The molecule has 4 nitrogen and oxygen atoms in total. The molecule has 2 rings (SSSR count). The van der Waals surface area contributed by atoms with Crippen molar-refractivity contribution < 1.29 is 9.21 Å². The predicted molar refractivity (Wildman–Crippen MR) is 69.4 cm³/mol. The van der Waals surface area contributed by atoms with Crippen molar-refractivity contribution in [3.63, 3.8) is 0 Å². The highest BCUT2D eigenvalue weighted by Crippen LogP contribution is 2.29. The van der Waals surface area contributed by atoms with Crippen molar-refractivity contribution in [3.05, 3.63) is 17.3 Å². The largest absolute Gasteiger partial charge is 0.445 e. The molecule has 1 aromatic heterocycles. The molecule has 1 aromatic rings. The van der Waals surface area contributed by atoms with Crippen LogP contribution in [0.15, 0.2) is 4.42 Å². The van der Waals surface area contributed by atoms with E-state index in [0.717, 1.165) is 0 Å². The monoisotopic (exact) mass is 250 g/mol. The summed E-state index contributed by atoms with van der Waals surface area (Å²) in [6, 6.07) is 0.252. The van der Waals surface area contributed by atoms with E-state index in [1.165, 1.54) is 19.3 Å². The van der Waals surface area contributed by atoms with E-state index in [0.29, 0.717) is 29.2 Å². The van der Waals surface area contributed by atoms with Gasteiger partial charge in [-0.2, -0.15) is 0 Å². The fourth-order valence-electron chi connectivity index (χ4n) is 2.93. The van der Waals surface area contributed by atoms with Gasteiger partial charge in [-0.25, -0.2) is 4.98 Å². The molecule has 1 fully saturated rings. The van der Waals surface area contributed by atoms with Gasteiger partial charge >= 0.3 is 0 Å². The summed E-state index contributed by atoms with van der Waals surface area (Å²) in [5, 5.41) is 3.13. The van der Waals surface area contributed by atoms with Crippen molar-refractivity contribution >= 4 is 5.91 Å². The maximum atomic E-state index is 12.2. The van der Waals surface area contributed by atoms with Gasteiger partial charge in [0.05, 0.1) is 0 Å². The maximum Gasteiger partial charge on any atom is 0.273 e. The summed E-state index contributed by atoms with van der Waals surface area (Å²) in [5.74, 6) is 2.11. The molecule has 0 aliphatic heterocycles. The van der Waals surface area contributed by atoms with Gasteiger partial charge in [0.2, 0.25) is 0 Å². The van der Waals surface area contributed by atoms with Crippen LogP contribution in [0.5, 0.6) is 0 Å². The van der Waals surface area contributed by atoms with Crippen molar-refractivity contribution in [2.45, 2.75) is 53.0 Å². The lowest BCUT2D eigenvalue weighted by Crippen LogP contribution is -2.46. The number of rotatable bonds is 2. The quantitative estimate of drug-likeness (QED) is 0.878. The molecule has 0 aromatic carbocycles. The number of aromatic nitrogens is 1. The third-order valence-corrected chi connectivity index (χ3v) is 3.96. The molecule has 1 amide bonds. The number of hydrogen-bond donors (Lipinski definition) is 1. The van der Waals surface area contributed by atoms with Crippen LogP contribution in [0.2, 0.25) is 0 Å². The zero-order chi connectivity index (χ0) is 13.3. The molecule has 1 saturated carbocycles. The van der Waals surface area contributed by atoms with Gasteiger partial charge in [-0.3, -0.25) is 4.79 Å². The standard InChI is InChI=1S/C14H22N2O2/c1-8-6-5-7-9(2)12(8)16-14(17)13-10(3)18-11(4)15-13/h8-9,12H,5-7H2,1-4H3,(H,16,17)/t8-,9+,12?. The molecular weight excluding hydrogens is 228 g/mol. The Morgan fingerprint density at radius 2 is 1.89 bits per heavy atom. The molecule has 0 bridgehead atoms. The average molecular weight is 250 g/mol. The first-order chi connectivity index (χ1) is 8.49. The topological polar surface area (TPSA) is 55.1 Å². The van der Waals surface area contributed by atoms with Gasteiger partial charge in [0.1, 0.15) is 5.76 Å². The summed E-state index contributed by atoms with van der Waals surface area (Å²) in [7, 11) is 0. The molecule has 100 valence electrons. The van der Waals surface area contributed by atoms with Crippen LogP contribution in [0.4, 0.5) is 0 Å². The summed E-state index contributed by atoms with van der Waals surface area (Å²) in [6.07, 6.45) is 3.63. The number of nitrogens with one attached hydrogen (secondary N) is 1. The van der Waals surface area contributed by atoms with E-state index in [1.807, 2.05) is 0 Å². The summed E-state index contributed by atoms with van der Waals surface area (Å²) in [4.78, 5) is 16.4. The summed E-state index contributed by atoms with van der Waals surface area (Å²) in [5.41, 5.74) is 0.428. The zero-order valence-corrected chi connectivity index (χ0v) is 11.6. The molecule has 1 aliphatic carbocycles. The Hall–Kier alpha value is -1.32. The smallest absolute Gasteiger partial charge is 0.273 e. The van der Waals surface area contributed by atoms with Crippen LogP contribution in [0.1, 0.15) is 55.2 Å². The fraction of sp³-hybridized carbons (Fsp3) is 0.714. The van der Waals surface area contributed by atoms with Gasteiger partial charge < -0.3 is 9.73 Å². The highest BCUT2D eigenvalue weighted by atomic mass is 16.4. The van der Waals surface area contributed by atoms with E-state index in [4.69, 9.17) is 4.42 Å². The minimum absolute atomic E-state index is 0.102. The number of carbonyl (C=O) groups excluding carboxylic acids is 1. The van der Waals surface area contributed by atoms with Gasteiger partial charge in [0.15, 0.2) is 11.6 Å². The van der Waals surface area contributed by atoms with Crippen molar-refractivity contribution in [1.82, 2.24) is 10.3 Å². The van der Waals surface area contributed by atoms with Crippen LogP contribution in [0, 0.1) is 25.7 Å². The fourth-order valence-corrected chi connectivity index (χ4v) is 2.93. The minimum atomic E-state index is -0.102. The van der Waals surface area contributed by atoms with Gasteiger partial charge in [-0.15, -0.1) is 0 Å². The number of nitrogens with zero attached hydrogens (tertiary/aromatic N) is 1. The third kappa shape index (κ3) is 2.57. The second-order valence-electron chi connectivity index (χ2n) is 5.52. The highest BCUT2D eigenvalue weighted by Gasteiger charge is 2.30. The lowest BCUT2D eigenvalue weighted by atomic mass is 9.78. The molecule has 1 heterocycles. The SMILES string of the molecule is Cc1nc(C(=O)NC2[C@H](C)CCC[C@@H]2C)c(C)o1. The van der Waals surface area contributed by atoms with Crippen LogP contribution in [0.25, 0.3) is 0 Å². The first kappa shape index (κ1) is 13.1. The first-order valence-electron chi connectivity index (χ1n) is 6.74. The predicted octanol–water partition coefficient (Wildman–Crippen LogP) is 2.85. The minimum Gasteiger partial charge on any atom is -0.445 e. The lowest BCUT2D eigenvalue weighted by molar-refractivity contribution is 0.0874. The lowest BCUT2D eigenvalue weighted by Gasteiger charge is -2.34.